The summed E-state index contributed by atoms with van der Waals surface area (Å²) in [5.41, 5.74) is 1.06. The molecule has 3 rings (SSSR count). The van der Waals surface area contributed by atoms with E-state index in [9.17, 15) is 28.6 Å². The number of fused-ring (bicyclic) bond motifs is 1. The lowest BCUT2D eigenvalue weighted by atomic mass is 9.87. The number of rotatable bonds is 6. The summed E-state index contributed by atoms with van der Waals surface area (Å²) in [6.45, 7) is 3.17. The zero-order valence-electron chi connectivity index (χ0n) is 16.5. The Morgan fingerprint density at radius 1 is 1.27 bits per heavy atom. The summed E-state index contributed by atoms with van der Waals surface area (Å²) in [5, 5.41) is 19.3. The molecule has 0 fully saturated rings. The Morgan fingerprint density at radius 3 is 2.57 bits per heavy atom. The second-order valence-electron chi connectivity index (χ2n) is 7.76. The maximum Gasteiger partial charge on any atom is 0.316 e. The SMILES string of the molecule is CC(C)[C@@H](CO)N1C(=O)C(C(=O)O)Cc2cc(Cc3cccc(Cl)c3F)c(F)cc21. The van der Waals surface area contributed by atoms with Crippen LogP contribution in [0.5, 0.6) is 0 Å². The van der Waals surface area contributed by atoms with Gasteiger partial charge in [0.1, 0.15) is 17.6 Å². The van der Waals surface area contributed by atoms with Crippen molar-refractivity contribution in [3.05, 3.63) is 63.7 Å². The van der Waals surface area contributed by atoms with E-state index in [1.807, 2.05) is 0 Å². The van der Waals surface area contributed by atoms with E-state index in [-0.39, 0.29) is 40.6 Å². The summed E-state index contributed by atoms with van der Waals surface area (Å²) in [6.07, 6.45) is -0.188. The van der Waals surface area contributed by atoms with Gasteiger partial charge >= 0.3 is 5.97 Å². The van der Waals surface area contributed by atoms with E-state index >= 15 is 0 Å². The van der Waals surface area contributed by atoms with Crippen LogP contribution < -0.4 is 4.90 Å². The number of carboxylic acid groups (broad SMARTS) is 1. The molecule has 2 N–H and O–H groups in total. The van der Waals surface area contributed by atoms with Crippen LogP contribution in [0.3, 0.4) is 0 Å². The molecular formula is C22H22ClF2NO4. The van der Waals surface area contributed by atoms with Gasteiger partial charge in [-0.05, 0) is 41.2 Å². The summed E-state index contributed by atoms with van der Waals surface area (Å²) in [5.74, 6) is -4.80. The minimum absolute atomic E-state index is 0.0729. The summed E-state index contributed by atoms with van der Waals surface area (Å²) in [6, 6.07) is 6.38. The molecule has 0 saturated carbocycles. The highest BCUT2D eigenvalue weighted by molar-refractivity contribution is 6.30. The van der Waals surface area contributed by atoms with Gasteiger partial charge in [0.05, 0.1) is 23.4 Å². The lowest BCUT2D eigenvalue weighted by molar-refractivity contribution is -0.146. The van der Waals surface area contributed by atoms with Crippen molar-refractivity contribution in [2.75, 3.05) is 11.5 Å². The van der Waals surface area contributed by atoms with Crippen molar-refractivity contribution in [2.24, 2.45) is 11.8 Å². The summed E-state index contributed by atoms with van der Waals surface area (Å²) < 4.78 is 29.2. The molecule has 0 spiro atoms. The first-order valence-corrected chi connectivity index (χ1v) is 9.94. The monoisotopic (exact) mass is 437 g/mol. The molecule has 2 aromatic rings. The van der Waals surface area contributed by atoms with Gasteiger partial charge in [-0.3, -0.25) is 9.59 Å². The number of halogens is 3. The van der Waals surface area contributed by atoms with Gasteiger partial charge in [-0.15, -0.1) is 0 Å². The van der Waals surface area contributed by atoms with Gasteiger partial charge in [0.15, 0.2) is 0 Å². The number of nitrogens with zero attached hydrogens (tertiary/aromatic N) is 1. The highest BCUT2D eigenvalue weighted by Crippen LogP contribution is 2.36. The Hall–Kier alpha value is -2.51. The molecule has 160 valence electrons. The number of hydrogen-bond donors (Lipinski definition) is 2. The summed E-state index contributed by atoms with van der Waals surface area (Å²) in [4.78, 5) is 25.7. The number of aliphatic hydroxyl groups excluding tert-OH is 1. The Labute approximate surface area is 177 Å². The predicted molar refractivity (Wildman–Crippen MR) is 109 cm³/mol. The highest BCUT2D eigenvalue weighted by Gasteiger charge is 2.41. The molecule has 1 heterocycles. The van der Waals surface area contributed by atoms with E-state index in [1.54, 1.807) is 19.9 Å². The van der Waals surface area contributed by atoms with E-state index in [0.29, 0.717) is 5.56 Å². The normalized spacial score (nSPS) is 17.2. The average molecular weight is 438 g/mol. The first-order valence-electron chi connectivity index (χ1n) is 9.56. The largest absolute Gasteiger partial charge is 0.481 e. The summed E-state index contributed by atoms with van der Waals surface area (Å²) in [7, 11) is 0. The lowest BCUT2D eigenvalue weighted by Crippen LogP contribution is -2.53. The van der Waals surface area contributed by atoms with Crippen LogP contribution in [0.4, 0.5) is 14.5 Å². The molecule has 0 aromatic heterocycles. The van der Waals surface area contributed by atoms with Gasteiger partial charge in [0, 0.05) is 6.42 Å². The molecule has 1 aliphatic heterocycles. The van der Waals surface area contributed by atoms with Gasteiger partial charge in [0.2, 0.25) is 5.91 Å². The van der Waals surface area contributed by atoms with Crippen molar-refractivity contribution in [1.29, 1.82) is 0 Å². The average Bonchev–Trinajstić information content (AvgIpc) is 2.68. The first kappa shape index (κ1) is 22.2. The molecule has 1 unspecified atom stereocenters. The van der Waals surface area contributed by atoms with Crippen LogP contribution in [0.1, 0.15) is 30.5 Å². The molecule has 0 aliphatic carbocycles. The maximum atomic E-state index is 14.9. The van der Waals surface area contributed by atoms with Crippen molar-refractivity contribution >= 4 is 29.2 Å². The molecule has 0 saturated heterocycles. The molecule has 0 radical (unpaired) electrons. The number of aliphatic hydroxyl groups is 1. The number of hydrogen-bond acceptors (Lipinski definition) is 3. The quantitative estimate of drug-likeness (QED) is 0.673. The van der Waals surface area contributed by atoms with Crippen molar-refractivity contribution < 1.29 is 28.6 Å². The second-order valence-corrected chi connectivity index (χ2v) is 8.17. The van der Waals surface area contributed by atoms with Crippen molar-refractivity contribution in [2.45, 2.75) is 32.7 Å². The smallest absolute Gasteiger partial charge is 0.316 e. The zero-order valence-corrected chi connectivity index (χ0v) is 17.3. The van der Waals surface area contributed by atoms with Gasteiger partial charge in [0.25, 0.3) is 0 Å². The van der Waals surface area contributed by atoms with Gasteiger partial charge in [-0.1, -0.05) is 43.6 Å². The van der Waals surface area contributed by atoms with E-state index < -0.39 is 42.1 Å². The minimum Gasteiger partial charge on any atom is -0.481 e. The van der Waals surface area contributed by atoms with Crippen molar-refractivity contribution in [1.82, 2.24) is 0 Å². The fourth-order valence-electron chi connectivity index (χ4n) is 3.79. The van der Waals surface area contributed by atoms with Crippen LogP contribution in [0, 0.1) is 23.5 Å². The van der Waals surface area contributed by atoms with Crippen LogP contribution in [-0.2, 0) is 22.4 Å². The third kappa shape index (κ3) is 4.04. The Bertz CT molecular complexity index is 995. The minimum atomic E-state index is -1.34. The third-order valence-corrected chi connectivity index (χ3v) is 5.76. The number of carboxylic acids is 1. The molecule has 0 bridgehead atoms. The number of benzene rings is 2. The van der Waals surface area contributed by atoms with E-state index in [1.165, 1.54) is 23.1 Å². The molecule has 30 heavy (non-hydrogen) atoms. The number of amides is 1. The van der Waals surface area contributed by atoms with Gasteiger partial charge in [-0.25, -0.2) is 8.78 Å². The predicted octanol–water partition coefficient (Wildman–Crippen LogP) is 3.82. The number of carbonyl (C=O) groups is 2. The number of carbonyl (C=O) groups excluding carboxylic acids is 1. The van der Waals surface area contributed by atoms with E-state index in [4.69, 9.17) is 11.6 Å². The molecular weight excluding hydrogens is 416 g/mol. The van der Waals surface area contributed by atoms with Gasteiger partial charge in [-0.2, -0.15) is 0 Å². The van der Waals surface area contributed by atoms with Crippen LogP contribution in [0.25, 0.3) is 0 Å². The number of aliphatic carboxylic acids is 1. The fourth-order valence-corrected chi connectivity index (χ4v) is 3.99. The van der Waals surface area contributed by atoms with Crippen molar-refractivity contribution in [3.63, 3.8) is 0 Å². The first-order chi connectivity index (χ1) is 14.1. The Kier molecular flexibility index (Phi) is 6.43. The Balaban J connectivity index is 2.10. The topological polar surface area (TPSA) is 77.8 Å². The van der Waals surface area contributed by atoms with Crippen LogP contribution in [0.2, 0.25) is 5.02 Å². The summed E-state index contributed by atoms with van der Waals surface area (Å²) >= 11 is 5.80. The molecule has 1 amide bonds. The molecule has 2 aromatic carbocycles. The fraction of sp³-hybridized carbons (Fsp3) is 0.364. The molecule has 1 aliphatic rings. The number of anilines is 1. The lowest BCUT2D eigenvalue weighted by Gasteiger charge is -2.39. The van der Waals surface area contributed by atoms with E-state index in [0.717, 1.165) is 6.07 Å². The third-order valence-electron chi connectivity index (χ3n) is 5.47. The van der Waals surface area contributed by atoms with Crippen LogP contribution in [0.15, 0.2) is 30.3 Å². The Morgan fingerprint density at radius 2 is 1.97 bits per heavy atom. The second kappa shape index (κ2) is 8.70. The maximum absolute atomic E-state index is 14.9. The molecule has 5 nitrogen and oxygen atoms in total. The highest BCUT2D eigenvalue weighted by atomic mass is 35.5. The standard InChI is InChI=1S/C22H22ClF2NO4/c1-11(2)19(10-27)26-18-9-17(24)13(6-12-4-3-5-16(23)20(12)25)7-14(18)8-15(21(26)28)22(29)30/h3-5,7,9,11,15,19,27H,6,8,10H2,1-2H3,(H,29,30)/t15?,19-/m1/s1. The van der Waals surface area contributed by atoms with Crippen LogP contribution in [-0.4, -0.2) is 34.7 Å². The molecule has 8 heteroatoms. The van der Waals surface area contributed by atoms with Crippen LogP contribution >= 0.6 is 11.6 Å². The zero-order chi connectivity index (χ0) is 22.2. The van der Waals surface area contributed by atoms with Gasteiger partial charge < -0.3 is 15.1 Å². The molecule has 2 atom stereocenters. The van der Waals surface area contributed by atoms with Crippen molar-refractivity contribution in [3.8, 4) is 0 Å². The van der Waals surface area contributed by atoms with E-state index in [2.05, 4.69) is 0 Å².